The zero-order valence-electron chi connectivity index (χ0n) is 12.0. The molecule has 0 saturated heterocycles. The molecule has 1 amide bonds. The molecule has 3 rings (SSSR count). The van der Waals surface area contributed by atoms with Crippen molar-refractivity contribution in [2.75, 3.05) is 5.32 Å². The highest BCUT2D eigenvalue weighted by molar-refractivity contribution is 6.30. The Morgan fingerprint density at radius 1 is 1.13 bits per heavy atom. The highest BCUT2D eigenvalue weighted by atomic mass is 35.5. The summed E-state index contributed by atoms with van der Waals surface area (Å²) in [5, 5.41) is 4.65. The smallest absolute Gasteiger partial charge is 0.255 e. The standard InChI is InChI=1S/C17H14ClN3O2/c18-12-3-1-10(2-4-12)15(19)17(23)21-13-5-6-14-11(9-13)7-8-20-16(14)22/h1-9,15H,19H2,(H,20,22)(H,21,23). The van der Waals surface area contributed by atoms with E-state index in [1.54, 1.807) is 54.7 Å². The molecule has 1 unspecified atom stereocenters. The molecule has 0 bridgehead atoms. The van der Waals surface area contributed by atoms with Crippen LogP contribution in [0.4, 0.5) is 5.69 Å². The molecule has 0 spiro atoms. The Morgan fingerprint density at radius 3 is 2.61 bits per heavy atom. The second-order valence-electron chi connectivity index (χ2n) is 5.13. The van der Waals surface area contributed by atoms with Crippen LogP contribution in [-0.4, -0.2) is 10.9 Å². The van der Waals surface area contributed by atoms with Crippen molar-refractivity contribution < 1.29 is 4.79 Å². The average Bonchev–Trinajstić information content (AvgIpc) is 2.55. The molecule has 5 nitrogen and oxygen atoms in total. The van der Waals surface area contributed by atoms with Gasteiger partial charge in [-0.15, -0.1) is 0 Å². The molecule has 0 saturated carbocycles. The molecule has 1 heterocycles. The lowest BCUT2D eigenvalue weighted by atomic mass is 10.1. The van der Waals surface area contributed by atoms with Crippen LogP contribution in [0.5, 0.6) is 0 Å². The van der Waals surface area contributed by atoms with Gasteiger partial charge < -0.3 is 16.0 Å². The number of nitrogens with two attached hydrogens (primary N) is 1. The molecule has 4 N–H and O–H groups in total. The summed E-state index contributed by atoms with van der Waals surface area (Å²) < 4.78 is 0. The zero-order valence-corrected chi connectivity index (χ0v) is 12.8. The first-order valence-electron chi connectivity index (χ1n) is 6.98. The van der Waals surface area contributed by atoms with E-state index in [0.717, 1.165) is 5.39 Å². The normalized spacial score (nSPS) is 12.1. The number of fused-ring (bicyclic) bond motifs is 1. The molecule has 2 aromatic carbocycles. The molecule has 1 atom stereocenters. The van der Waals surface area contributed by atoms with Gasteiger partial charge in [0, 0.05) is 22.3 Å². The number of carbonyl (C=O) groups is 1. The van der Waals surface area contributed by atoms with E-state index in [2.05, 4.69) is 10.3 Å². The van der Waals surface area contributed by atoms with Crippen LogP contribution >= 0.6 is 11.6 Å². The van der Waals surface area contributed by atoms with Gasteiger partial charge in [0.25, 0.3) is 5.56 Å². The largest absolute Gasteiger partial charge is 0.329 e. The van der Waals surface area contributed by atoms with Crippen molar-refractivity contribution in [3.63, 3.8) is 0 Å². The van der Waals surface area contributed by atoms with Crippen LogP contribution in [0.2, 0.25) is 5.02 Å². The van der Waals surface area contributed by atoms with Crippen LogP contribution in [-0.2, 0) is 4.79 Å². The van der Waals surface area contributed by atoms with Crippen LogP contribution in [0.3, 0.4) is 0 Å². The van der Waals surface area contributed by atoms with Gasteiger partial charge in [-0.2, -0.15) is 0 Å². The summed E-state index contributed by atoms with van der Waals surface area (Å²) in [5.41, 5.74) is 7.05. The van der Waals surface area contributed by atoms with Crippen molar-refractivity contribution in [1.82, 2.24) is 4.98 Å². The number of benzene rings is 2. The Morgan fingerprint density at radius 2 is 1.87 bits per heavy atom. The summed E-state index contributed by atoms with van der Waals surface area (Å²) in [5.74, 6) is -0.337. The van der Waals surface area contributed by atoms with Crippen LogP contribution < -0.4 is 16.6 Å². The predicted molar refractivity (Wildman–Crippen MR) is 91.6 cm³/mol. The maximum Gasteiger partial charge on any atom is 0.255 e. The molecule has 116 valence electrons. The Kier molecular flexibility index (Phi) is 4.14. The third kappa shape index (κ3) is 3.26. The quantitative estimate of drug-likeness (QED) is 0.691. The number of anilines is 1. The Bertz CT molecular complexity index is 919. The fourth-order valence-corrected chi connectivity index (χ4v) is 2.44. The first-order valence-corrected chi connectivity index (χ1v) is 7.36. The van der Waals surface area contributed by atoms with Crippen molar-refractivity contribution >= 4 is 34.0 Å². The van der Waals surface area contributed by atoms with Gasteiger partial charge in [0.2, 0.25) is 5.91 Å². The minimum atomic E-state index is -0.804. The Balaban J connectivity index is 1.82. The van der Waals surface area contributed by atoms with Gasteiger partial charge >= 0.3 is 0 Å². The van der Waals surface area contributed by atoms with Gasteiger partial charge in [0.05, 0.1) is 0 Å². The van der Waals surface area contributed by atoms with E-state index in [-0.39, 0.29) is 11.5 Å². The van der Waals surface area contributed by atoms with E-state index >= 15 is 0 Å². The first kappa shape index (κ1) is 15.3. The number of carbonyl (C=O) groups excluding carboxylic acids is 1. The van der Waals surface area contributed by atoms with Gasteiger partial charge in [-0.3, -0.25) is 9.59 Å². The summed E-state index contributed by atoms with van der Waals surface area (Å²) in [6.07, 6.45) is 1.57. The van der Waals surface area contributed by atoms with Crippen molar-refractivity contribution in [3.05, 3.63) is 75.7 Å². The fourth-order valence-electron chi connectivity index (χ4n) is 2.31. The number of halogens is 1. The lowest BCUT2D eigenvalue weighted by Crippen LogP contribution is -2.27. The monoisotopic (exact) mass is 327 g/mol. The zero-order chi connectivity index (χ0) is 16.4. The lowest BCUT2D eigenvalue weighted by molar-refractivity contribution is -0.117. The SMILES string of the molecule is NC(C(=O)Nc1ccc2c(=O)[nH]ccc2c1)c1ccc(Cl)cc1. The number of nitrogens with one attached hydrogen (secondary N) is 2. The number of pyridine rings is 1. The molecule has 0 aliphatic carbocycles. The molecule has 0 aliphatic heterocycles. The second kappa shape index (κ2) is 6.24. The molecule has 1 aromatic heterocycles. The van der Waals surface area contributed by atoms with E-state index in [1.165, 1.54) is 0 Å². The highest BCUT2D eigenvalue weighted by Gasteiger charge is 2.16. The van der Waals surface area contributed by atoms with E-state index in [4.69, 9.17) is 17.3 Å². The minimum absolute atomic E-state index is 0.168. The second-order valence-corrected chi connectivity index (χ2v) is 5.56. The van der Waals surface area contributed by atoms with Crippen molar-refractivity contribution in [2.24, 2.45) is 5.73 Å². The third-order valence-corrected chi connectivity index (χ3v) is 3.80. The number of hydrogen-bond donors (Lipinski definition) is 3. The van der Waals surface area contributed by atoms with Gasteiger partial charge in [0.15, 0.2) is 0 Å². The summed E-state index contributed by atoms with van der Waals surface area (Å²) >= 11 is 5.82. The van der Waals surface area contributed by atoms with Crippen molar-refractivity contribution in [2.45, 2.75) is 6.04 Å². The summed E-state index contributed by atoms with van der Waals surface area (Å²) in [7, 11) is 0. The molecule has 6 heteroatoms. The summed E-state index contributed by atoms with van der Waals surface area (Å²) in [4.78, 5) is 26.5. The summed E-state index contributed by atoms with van der Waals surface area (Å²) in [6, 6.07) is 12.8. The summed E-state index contributed by atoms with van der Waals surface area (Å²) in [6.45, 7) is 0. The molecule has 23 heavy (non-hydrogen) atoms. The maximum atomic E-state index is 12.3. The third-order valence-electron chi connectivity index (χ3n) is 3.55. The maximum absolute atomic E-state index is 12.3. The van der Waals surface area contributed by atoms with E-state index in [0.29, 0.717) is 21.7 Å². The van der Waals surface area contributed by atoms with Gasteiger partial charge in [-0.1, -0.05) is 23.7 Å². The number of aromatic amines is 1. The van der Waals surface area contributed by atoms with Crippen LogP contribution in [0, 0.1) is 0 Å². The molecule has 0 aliphatic rings. The Labute approximate surface area is 137 Å². The van der Waals surface area contributed by atoms with Crippen LogP contribution in [0.15, 0.2) is 59.5 Å². The molecular formula is C17H14ClN3O2. The average molecular weight is 328 g/mol. The molecule has 3 aromatic rings. The topological polar surface area (TPSA) is 88.0 Å². The molecule has 0 fully saturated rings. The number of amides is 1. The van der Waals surface area contributed by atoms with Gasteiger partial charge in [-0.05, 0) is 47.3 Å². The first-order chi connectivity index (χ1) is 11.0. The van der Waals surface area contributed by atoms with E-state index in [1.807, 2.05) is 0 Å². The Hall–Kier alpha value is -2.63. The lowest BCUT2D eigenvalue weighted by Gasteiger charge is -2.13. The van der Waals surface area contributed by atoms with Crippen molar-refractivity contribution in [3.8, 4) is 0 Å². The highest BCUT2D eigenvalue weighted by Crippen LogP contribution is 2.19. The number of hydrogen-bond acceptors (Lipinski definition) is 3. The van der Waals surface area contributed by atoms with Gasteiger partial charge in [0.1, 0.15) is 6.04 Å². The number of H-pyrrole nitrogens is 1. The van der Waals surface area contributed by atoms with Crippen LogP contribution in [0.25, 0.3) is 10.8 Å². The van der Waals surface area contributed by atoms with E-state index in [9.17, 15) is 9.59 Å². The fraction of sp³-hybridized carbons (Fsp3) is 0.0588. The number of aromatic nitrogens is 1. The van der Waals surface area contributed by atoms with E-state index < -0.39 is 6.04 Å². The molecule has 0 radical (unpaired) electrons. The van der Waals surface area contributed by atoms with Crippen molar-refractivity contribution in [1.29, 1.82) is 0 Å². The predicted octanol–water partition coefficient (Wildman–Crippen LogP) is 2.82. The van der Waals surface area contributed by atoms with Crippen LogP contribution in [0.1, 0.15) is 11.6 Å². The van der Waals surface area contributed by atoms with Gasteiger partial charge in [-0.25, -0.2) is 0 Å². The number of rotatable bonds is 3. The molecular weight excluding hydrogens is 314 g/mol. The minimum Gasteiger partial charge on any atom is -0.329 e.